The van der Waals surface area contributed by atoms with Crippen molar-refractivity contribution < 1.29 is 9.53 Å². The van der Waals surface area contributed by atoms with E-state index in [-0.39, 0.29) is 12.1 Å². The summed E-state index contributed by atoms with van der Waals surface area (Å²) in [6.07, 6.45) is 3.26. The Kier molecular flexibility index (Phi) is 5.27. The molecular weight excluding hydrogens is 284 g/mol. The standard InChI is InChI=1S/C16H26N2O2S/c1-11(18-15(19)20-16(2,3)4)10-17-13-6-5-7-14-12(13)8-9-21-14/h8-9,11,13,17H,5-7,10H2,1-4H3,(H,18,19). The Balaban J connectivity index is 1.78. The van der Waals surface area contributed by atoms with Crippen LogP contribution in [0.2, 0.25) is 0 Å². The summed E-state index contributed by atoms with van der Waals surface area (Å²) in [5.41, 5.74) is 0.988. The van der Waals surface area contributed by atoms with Crippen LogP contribution in [0.15, 0.2) is 11.4 Å². The van der Waals surface area contributed by atoms with Crippen LogP contribution < -0.4 is 10.6 Å². The van der Waals surface area contributed by atoms with Gasteiger partial charge in [-0.25, -0.2) is 4.79 Å². The fraction of sp³-hybridized carbons (Fsp3) is 0.688. The second-order valence-corrected chi connectivity index (χ2v) is 7.70. The number of nitrogens with one attached hydrogen (secondary N) is 2. The second-order valence-electron chi connectivity index (χ2n) is 6.70. The zero-order valence-corrected chi connectivity index (χ0v) is 14.2. The Bertz CT molecular complexity index is 479. The molecule has 118 valence electrons. The molecule has 1 heterocycles. The molecule has 2 atom stereocenters. The van der Waals surface area contributed by atoms with E-state index in [1.54, 1.807) is 0 Å². The Morgan fingerprint density at radius 1 is 1.52 bits per heavy atom. The van der Waals surface area contributed by atoms with Gasteiger partial charge in [0.1, 0.15) is 5.60 Å². The van der Waals surface area contributed by atoms with E-state index in [2.05, 4.69) is 22.1 Å². The molecule has 0 spiro atoms. The number of carbonyl (C=O) groups is 1. The molecule has 0 bridgehead atoms. The molecule has 0 radical (unpaired) electrons. The van der Waals surface area contributed by atoms with Gasteiger partial charge in [-0.2, -0.15) is 0 Å². The maximum atomic E-state index is 11.7. The number of aryl methyl sites for hydroxylation is 1. The Morgan fingerprint density at radius 3 is 3.00 bits per heavy atom. The fourth-order valence-corrected chi connectivity index (χ4v) is 3.56. The van der Waals surface area contributed by atoms with Crippen LogP contribution in [0, 0.1) is 0 Å². The van der Waals surface area contributed by atoms with E-state index in [0.29, 0.717) is 6.04 Å². The van der Waals surface area contributed by atoms with Gasteiger partial charge in [0.2, 0.25) is 0 Å². The van der Waals surface area contributed by atoms with Gasteiger partial charge in [0, 0.05) is 23.5 Å². The third-order valence-corrected chi connectivity index (χ3v) is 4.48. The van der Waals surface area contributed by atoms with Crippen LogP contribution in [0.5, 0.6) is 0 Å². The summed E-state index contributed by atoms with van der Waals surface area (Å²) in [6.45, 7) is 8.36. The predicted molar refractivity (Wildman–Crippen MR) is 86.8 cm³/mol. The number of alkyl carbamates (subject to hydrolysis) is 1. The number of thiophene rings is 1. The monoisotopic (exact) mass is 310 g/mol. The molecule has 21 heavy (non-hydrogen) atoms. The fourth-order valence-electron chi connectivity index (χ4n) is 2.58. The van der Waals surface area contributed by atoms with Crippen molar-refractivity contribution in [3.63, 3.8) is 0 Å². The van der Waals surface area contributed by atoms with Crippen LogP contribution >= 0.6 is 11.3 Å². The third-order valence-electron chi connectivity index (χ3n) is 3.49. The number of carbonyl (C=O) groups excluding carboxylic acids is 1. The number of amides is 1. The number of rotatable bonds is 4. The lowest BCUT2D eigenvalue weighted by Crippen LogP contribution is -2.43. The number of hydrogen-bond acceptors (Lipinski definition) is 4. The molecule has 5 heteroatoms. The topological polar surface area (TPSA) is 50.4 Å². The van der Waals surface area contributed by atoms with Gasteiger partial charge in [0.05, 0.1) is 0 Å². The largest absolute Gasteiger partial charge is 0.444 e. The minimum absolute atomic E-state index is 0.0452. The molecule has 1 amide bonds. The average Bonchev–Trinajstić information content (AvgIpc) is 2.82. The van der Waals surface area contributed by atoms with Crippen molar-refractivity contribution in [1.29, 1.82) is 0 Å². The van der Waals surface area contributed by atoms with Crippen molar-refractivity contribution in [2.45, 2.75) is 64.6 Å². The van der Waals surface area contributed by atoms with Gasteiger partial charge in [-0.05, 0) is 64.0 Å². The first-order valence-corrected chi connectivity index (χ1v) is 8.52. The maximum absolute atomic E-state index is 11.7. The molecule has 1 aliphatic carbocycles. The van der Waals surface area contributed by atoms with Crippen LogP contribution in [0.4, 0.5) is 4.79 Å². The van der Waals surface area contributed by atoms with Gasteiger partial charge < -0.3 is 15.4 Å². The van der Waals surface area contributed by atoms with Crippen LogP contribution in [0.25, 0.3) is 0 Å². The highest BCUT2D eigenvalue weighted by Crippen LogP contribution is 2.33. The van der Waals surface area contributed by atoms with Gasteiger partial charge >= 0.3 is 6.09 Å². The first-order valence-electron chi connectivity index (χ1n) is 7.64. The first kappa shape index (κ1) is 16.3. The van der Waals surface area contributed by atoms with Crippen molar-refractivity contribution in [3.8, 4) is 0 Å². The van der Waals surface area contributed by atoms with E-state index < -0.39 is 5.60 Å². The van der Waals surface area contributed by atoms with E-state index >= 15 is 0 Å². The average molecular weight is 310 g/mol. The van der Waals surface area contributed by atoms with Crippen molar-refractivity contribution >= 4 is 17.4 Å². The highest BCUT2D eigenvalue weighted by molar-refractivity contribution is 7.10. The van der Waals surface area contributed by atoms with Crippen molar-refractivity contribution in [2.24, 2.45) is 0 Å². The molecule has 2 N–H and O–H groups in total. The van der Waals surface area contributed by atoms with Crippen LogP contribution in [-0.4, -0.2) is 24.3 Å². The summed E-state index contributed by atoms with van der Waals surface area (Å²) in [4.78, 5) is 13.2. The van der Waals surface area contributed by atoms with E-state index in [4.69, 9.17) is 4.74 Å². The summed E-state index contributed by atoms with van der Waals surface area (Å²) in [6, 6.07) is 2.69. The zero-order valence-electron chi connectivity index (χ0n) is 13.4. The lowest BCUT2D eigenvalue weighted by molar-refractivity contribution is 0.0507. The third kappa shape index (κ3) is 5.00. The lowest BCUT2D eigenvalue weighted by Gasteiger charge is -2.26. The highest BCUT2D eigenvalue weighted by Gasteiger charge is 2.22. The molecule has 0 saturated carbocycles. The molecule has 0 aliphatic heterocycles. The van der Waals surface area contributed by atoms with Crippen molar-refractivity contribution in [3.05, 3.63) is 21.9 Å². The maximum Gasteiger partial charge on any atom is 0.407 e. The highest BCUT2D eigenvalue weighted by atomic mass is 32.1. The molecule has 0 saturated heterocycles. The van der Waals surface area contributed by atoms with E-state index in [9.17, 15) is 4.79 Å². The SMILES string of the molecule is CC(CNC1CCCc2sccc21)NC(=O)OC(C)(C)C. The number of fused-ring (bicyclic) bond motifs is 1. The quantitative estimate of drug-likeness (QED) is 0.893. The van der Waals surface area contributed by atoms with Gasteiger partial charge in [0.25, 0.3) is 0 Å². The number of hydrogen-bond donors (Lipinski definition) is 2. The molecule has 0 fully saturated rings. The van der Waals surface area contributed by atoms with Crippen molar-refractivity contribution in [1.82, 2.24) is 10.6 Å². The first-order chi connectivity index (χ1) is 9.85. The Morgan fingerprint density at radius 2 is 2.29 bits per heavy atom. The van der Waals surface area contributed by atoms with Crippen LogP contribution in [-0.2, 0) is 11.2 Å². The summed E-state index contributed by atoms with van der Waals surface area (Å²) in [5.74, 6) is 0. The van der Waals surface area contributed by atoms with Crippen LogP contribution in [0.3, 0.4) is 0 Å². The summed E-state index contributed by atoms with van der Waals surface area (Å²) >= 11 is 1.85. The second kappa shape index (κ2) is 6.79. The molecule has 4 nitrogen and oxygen atoms in total. The van der Waals surface area contributed by atoms with Gasteiger partial charge in [-0.3, -0.25) is 0 Å². The zero-order chi connectivity index (χ0) is 15.5. The summed E-state index contributed by atoms with van der Waals surface area (Å²) in [5, 5.41) is 8.61. The van der Waals surface area contributed by atoms with E-state index in [1.807, 2.05) is 39.0 Å². The number of ether oxygens (including phenoxy) is 1. The molecule has 1 aliphatic rings. The van der Waals surface area contributed by atoms with E-state index in [0.717, 1.165) is 6.54 Å². The molecule has 0 aromatic carbocycles. The molecule has 2 unspecified atom stereocenters. The normalized spacial score (nSPS) is 19.7. The molecule has 1 aromatic heterocycles. The molecular formula is C16H26N2O2S. The van der Waals surface area contributed by atoms with Crippen LogP contribution in [0.1, 0.15) is 57.0 Å². The Hall–Kier alpha value is -1.07. The smallest absolute Gasteiger partial charge is 0.407 e. The molecule has 1 aromatic rings. The van der Waals surface area contributed by atoms with E-state index in [1.165, 1.54) is 29.7 Å². The van der Waals surface area contributed by atoms with Gasteiger partial charge in [-0.1, -0.05) is 0 Å². The summed E-state index contributed by atoms with van der Waals surface area (Å²) < 4.78 is 5.27. The molecule has 2 rings (SSSR count). The predicted octanol–water partition coefficient (Wildman–Crippen LogP) is 3.63. The minimum atomic E-state index is -0.452. The van der Waals surface area contributed by atoms with Crippen molar-refractivity contribution in [2.75, 3.05) is 6.54 Å². The lowest BCUT2D eigenvalue weighted by atomic mass is 9.94. The summed E-state index contributed by atoms with van der Waals surface area (Å²) in [7, 11) is 0. The minimum Gasteiger partial charge on any atom is -0.444 e. The van der Waals surface area contributed by atoms with Gasteiger partial charge in [-0.15, -0.1) is 11.3 Å². The van der Waals surface area contributed by atoms with Gasteiger partial charge in [0.15, 0.2) is 0 Å². The Labute approximate surface area is 131 Å².